The van der Waals surface area contributed by atoms with Crippen LogP contribution < -0.4 is 11.3 Å². The Balaban J connectivity index is 2.46. The Morgan fingerprint density at radius 2 is 2.22 bits per heavy atom. The first-order valence-electron chi connectivity index (χ1n) is 5.72. The molecule has 0 spiro atoms. The Labute approximate surface area is 112 Å². The van der Waals surface area contributed by atoms with Gasteiger partial charge in [-0.15, -0.1) is 0 Å². The van der Waals surface area contributed by atoms with Crippen molar-refractivity contribution in [3.63, 3.8) is 0 Å². The normalized spacial score (nSPS) is 10.5. The van der Waals surface area contributed by atoms with Crippen molar-refractivity contribution < 1.29 is 9.47 Å². The molecule has 0 fully saturated rings. The van der Waals surface area contributed by atoms with E-state index in [2.05, 4.69) is 0 Å². The fourth-order valence-corrected chi connectivity index (χ4v) is 1.63. The van der Waals surface area contributed by atoms with Crippen molar-refractivity contribution in [2.75, 3.05) is 26.9 Å². The minimum Gasteiger partial charge on any atom is -0.389 e. The average molecular weight is 270 g/mol. The molecule has 0 amide bonds. The Morgan fingerprint density at radius 3 is 2.89 bits per heavy atom. The fourth-order valence-electron chi connectivity index (χ4n) is 1.47. The molecule has 18 heavy (non-hydrogen) atoms. The van der Waals surface area contributed by atoms with Crippen LogP contribution in [0.3, 0.4) is 0 Å². The molecule has 1 rings (SSSR count). The predicted molar refractivity (Wildman–Crippen MR) is 73.9 cm³/mol. The largest absolute Gasteiger partial charge is 0.389 e. The Bertz CT molecular complexity index is 445. The van der Waals surface area contributed by atoms with Crippen LogP contribution in [0.25, 0.3) is 0 Å². The van der Waals surface area contributed by atoms with Crippen LogP contribution >= 0.6 is 12.2 Å². The van der Waals surface area contributed by atoms with Crippen LogP contribution in [0.5, 0.6) is 0 Å². The van der Waals surface area contributed by atoms with E-state index in [0.717, 1.165) is 6.42 Å². The van der Waals surface area contributed by atoms with Crippen molar-refractivity contribution in [2.24, 2.45) is 5.73 Å². The molecular formula is C12H18N2O3S. The van der Waals surface area contributed by atoms with Gasteiger partial charge in [-0.25, -0.2) is 0 Å². The molecular weight excluding hydrogens is 252 g/mol. The van der Waals surface area contributed by atoms with Crippen LogP contribution in [-0.4, -0.2) is 36.5 Å². The highest BCUT2D eigenvalue weighted by Gasteiger charge is 2.04. The summed E-state index contributed by atoms with van der Waals surface area (Å²) in [7, 11) is 1.65. The SMILES string of the molecule is COCCCOCCn1cccc(C(N)=S)c1=O. The minimum absolute atomic E-state index is 0.121. The molecule has 0 bridgehead atoms. The summed E-state index contributed by atoms with van der Waals surface area (Å²) >= 11 is 4.81. The van der Waals surface area contributed by atoms with Gasteiger partial charge in [0.2, 0.25) is 0 Å². The van der Waals surface area contributed by atoms with Crippen LogP contribution in [0, 0.1) is 0 Å². The van der Waals surface area contributed by atoms with Crippen LogP contribution in [0.2, 0.25) is 0 Å². The van der Waals surface area contributed by atoms with Gasteiger partial charge in [-0.2, -0.15) is 0 Å². The molecule has 1 aromatic rings. The molecule has 2 N–H and O–H groups in total. The van der Waals surface area contributed by atoms with Crippen LogP contribution in [0.15, 0.2) is 23.1 Å². The van der Waals surface area contributed by atoms with Gasteiger partial charge in [-0.1, -0.05) is 12.2 Å². The van der Waals surface area contributed by atoms with Gasteiger partial charge in [-0.05, 0) is 18.6 Å². The smallest absolute Gasteiger partial charge is 0.260 e. The molecule has 6 heteroatoms. The fraction of sp³-hybridized carbons (Fsp3) is 0.500. The number of aromatic nitrogens is 1. The second-order valence-electron chi connectivity index (χ2n) is 3.74. The van der Waals surface area contributed by atoms with Crippen LogP contribution in [-0.2, 0) is 16.0 Å². The van der Waals surface area contributed by atoms with E-state index >= 15 is 0 Å². The number of rotatable bonds is 8. The van der Waals surface area contributed by atoms with Crippen LogP contribution in [0.1, 0.15) is 12.0 Å². The number of hydrogen-bond acceptors (Lipinski definition) is 4. The summed E-state index contributed by atoms with van der Waals surface area (Å²) in [4.78, 5) is 12.0. The second-order valence-corrected chi connectivity index (χ2v) is 4.18. The molecule has 0 saturated heterocycles. The van der Waals surface area contributed by atoms with Gasteiger partial charge >= 0.3 is 0 Å². The monoisotopic (exact) mass is 270 g/mol. The van der Waals surface area contributed by atoms with E-state index in [1.54, 1.807) is 30.0 Å². The molecule has 0 radical (unpaired) electrons. The number of nitrogens with zero attached hydrogens (tertiary/aromatic N) is 1. The third-order valence-corrected chi connectivity index (χ3v) is 2.62. The summed E-state index contributed by atoms with van der Waals surface area (Å²) in [6.45, 7) is 2.27. The van der Waals surface area contributed by atoms with Gasteiger partial charge in [0.1, 0.15) is 4.99 Å². The van der Waals surface area contributed by atoms with Crippen molar-refractivity contribution in [3.8, 4) is 0 Å². The van der Waals surface area contributed by atoms with Gasteiger partial charge in [0.05, 0.1) is 12.2 Å². The molecule has 0 aromatic carbocycles. The predicted octanol–water partition coefficient (Wildman–Crippen LogP) is 0.536. The molecule has 1 aromatic heterocycles. The quantitative estimate of drug-likeness (QED) is 0.551. The lowest BCUT2D eigenvalue weighted by atomic mass is 10.3. The third kappa shape index (κ3) is 4.56. The average Bonchev–Trinajstić information content (AvgIpc) is 2.35. The Hall–Kier alpha value is -1.24. The number of thiocarbonyl (C=S) groups is 1. The highest BCUT2D eigenvalue weighted by atomic mass is 32.1. The first kappa shape index (κ1) is 14.8. The minimum atomic E-state index is -0.175. The van der Waals surface area contributed by atoms with Crippen molar-refractivity contribution >= 4 is 17.2 Å². The Kier molecular flexibility index (Phi) is 6.56. The van der Waals surface area contributed by atoms with Gasteiger partial charge in [-0.3, -0.25) is 4.79 Å². The zero-order valence-electron chi connectivity index (χ0n) is 10.4. The van der Waals surface area contributed by atoms with E-state index in [0.29, 0.717) is 31.9 Å². The second kappa shape index (κ2) is 7.97. The maximum absolute atomic E-state index is 11.9. The number of methoxy groups -OCH3 is 1. The van der Waals surface area contributed by atoms with Gasteiger partial charge in [0.25, 0.3) is 5.56 Å². The summed E-state index contributed by atoms with van der Waals surface area (Å²) < 4.78 is 11.8. The molecule has 0 aliphatic rings. The number of ether oxygens (including phenoxy) is 2. The molecule has 0 aliphatic carbocycles. The van der Waals surface area contributed by atoms with Crippen LogP contribution in [0.4, 0.5) is 0 Å². The summed E-state index contributed by atoms with van der Waals surface area (Å²) in [6.07, 6.45) is 2.54. The maximum atomic E-state index is 11.9. The Morgan fingerprint density at radius 1 is 1.44 bits per heavy atom. The lowest BCUT2D eigenvalue weighted by Gasteiger charge is -2.08. The summed E-state index contributed by atoms with van der Waals surface area (Å²) in [5.74, 6) is 0. The van der Waals surface area contributed by atoms with E-state index in [-0.39, 0.29) is 10.5 Å². The lowest BCUT2D eigenvalue weighted by Crippen LogP contribution is -2.29. The van der Waals surface area contributed by atoms with E-state index in [4.69, 9.17) is 27.4 Å². The van der Waals surface area contributed by atoms with Crippen molar-refractivity contribution in [1.29, 1.82) is 0 Å². The van der Waals surface area contributed by atoms with Crippen molar-refractivity contribution in [1.82, 2.24) is 4.57 Å². The molecule has 0 aliphatic heterocycles. The molecule has 100 valence electrons. The summed E-state index contributed by atoms with van der Waals surface area (Å²) in [6, 6.07) is 3.38. The first-order chi connectivity index (χ1) is 8.66. The molecule has 0 atom stereocenters. The van der Waals surface area contributed by atoms with Gasteiger partial charge < -0.3 is 19.8 Å². The number of hydrogen-bond donors (Lipinski definition) is 1. The van der Waals surface area contributed by atoms with Gasteiger partial charge in [0, 0.05) is 33.1 Å². The zero-order chi connectivity index (χ0) is 13.4. The van der Waals surface area contributed by atoms with Crippen molar-refractivity contribution in [2.45, 2.75) is 13.0 Å². The number of pyridine rings is 1. The third-order valence-electron chi connectivity index (χ3n) is 2.40. The van der Waals surface area contributed by atoms with E-state index in [1.807, 2.05) is 0 Å². The lowest BCUT2D eigenvalue weighted by molar-refractivity contribution is 0.0972. The van der Waals surface area contributed by atoms with E-state index in [9.17, 15) is 4.79 Å². The highest BCUT2D eigenvalue weighted by Crippen LogP contribution is 1.93. The highest BCUT2D eigenvalue weighted by molar-refractivity contribution is 7.80. The maximum Gasteiger partial charge on any atom is 0.260 e. The zero-order valence-corrected chi connectivity index (χ0v) is 11.2. The summed E-state index contributed by atoms with van der Waals surface area (Å²) in [5.41, 5.74) is 5.66. The topological polar surface area (TPSA) is 66.5 Å². The first-order valence-corrected chi connectivity index (χ1v) is 6.13. The molecule has 0 saturated carbocycles. The number of nitrogens with two attached hydrogens (primary N) is 1. The summed E-state index contributed by atoms with van der Waals surface area (Å²) in [5, 5.41) is 0. The molecule has 5 nitrogen and oxygen atoms in total. The standard InChI is InChI=1S/C12H18N2O3S/c1-16-7-3-8-17-9-6-14-5-2-4-10(11(13)18)12(14)15/h2,4-5H,3,6-9H2,1H3,(H2,13,18). The molecule has 0 unspecified atom stereocenters. The van der Waals surface area contributed by atoms with Crippen molar-refractivity contribution in [3.05, 3.63) is 34.2 Å². The van der Waals surface area contributed by atoms with E-state index < -0.39 is 0 Å². The molecule has 1 heterocycles. The van der Waals surface area contributed by atoms with E-state index in [1.165, 1.54) is 0 Å². The van der Waals surface area contributed by atoms with Gasteiger partial charge in [0.15, 0.2) is 0 Å².